The first-order valence-corrected chi connectivity index (χ1v) is 11.6. The fourth-order valence-corrected chi connectivity index (χ4v) is 1.94. The lowest BCUT2D eigenvalue weighted by atomic mass is 10.3. The SMILES string of the molecule is CC.CC.CCN(C)C(=O)NC.CCN(CC)C(=O)NC.CNC(=O)N(C)c1ccccc1. The zero-order chi connectivity index (χ0) is 26.8. The van der Waals surface area contributed by atoms with E-state index in [1.807, 2.05) is 78.8 Å². The summed E-state index contributed by atoms with van der Waals surface area (Å²) in [5.41, 5.74) is 0.886. The molecule has 0 spiro atoms. The molecule has 9 heteroatoms. The number of rotatable bonds is 4. The number of anilines is 1. The number of benzene rings is 1. The van der Waals surface area contributed by atoms with Gasteiger partial charge in [-0.2, -0.15) is 0 Å². The normalized spacial score (nSPS) is 8.12. The molecule has 0 atom stereocenters. The van der Waals surface area contributed by atoms with Crippen LogP contribution in [0.5, 0.6) is 0 Å². The fraction of sp³-hybridized carbons (Fsp3) is 0.625. The van der Waals surface area contributed by atoms with E-state index in [4.69, 9.17) is 0 Å². The van der Waals surface area contributed by atoms with Crippen molar-refractivity contribution >= 4 is 23.8 Å². The van der Waals surface area contributed by atoms with Gasteiger partial charge in [-0.1, -0.05) is 45.9 Å². The maximum absolute atomic E-state index is 11.1. The predicted octanol–water partition coefficient (Wildman–Crippen LogP) is 4.46. The third-order valence-corrected chi connectivity index (χ3v) is 3.96. The third-order valence-electron chi connectivity index (χ3n) is 3.96. The monoisotopic (exact) mass is 470 g/mol. The van der Waals surface area contributed by atoms with Gasteiger partial charge >= 0.3 is 18.1 Å². The highest BCUT2D eigenvalue weighted by atomic mass is 16.2. The van der Waals surface area contributed by atoms with Crippen LogP contribution in [0, 0.1) is 0 Å². The molecule has 1 aromatic carbocycles. The van der Waals surface area contributed by atoms with Crippen molar-refractivity contribution in [1.29, 1.82) is 0 Å². The highest BCUT2D eigenvalue weighted by molar-refractivity contribution is 5.91. The lowest BCUT2D eigenvalue weighted by Crippen LogP contribution is -2.37. The van der Waals surface area contributed by atoms with Gasteiger partial charge in [0.1, 0.15) is 0 Å². The minimum Gasteiger partial charge on any atom is -0.341 e. The second-order valence-corrected chi connectivity index (χ2v) is 5.75. The topological polar surface area (TPSA) is 97.0 Å². The molecule has 0 fully saturated rings. The van der Waals surface area contributed by atoms with Crippen molar-refractivity contribution in [1.82, 2.24) is 25.8 Å². The largest absolute Gasteiger partial charge is 0.341 e. The predicted molar refractivity (Wildman–Crippen MR) is 142 cm³/mol. The van der Waals surface area contributed by atoms with Gasteiger partial charge in [0, 0.05) is 60.6 Å². The lowest BCUT2D eigenvalue weighted by molar-refractivity contribution is 0.205. The van der Waals surface area contributed by atoms with Gasteiger partial charge in [0.25, 0.3) is 0 Å². The minimum atomic E-state index is -0.110. The molecule has 0 saturated carbocycles. The molecule has 33 heavy (non-hydrogen) atoms. The molecule has 6 amide bonds. The maximum atomic E-state index is 11.1. The van der Waals surface area contributed by atoms with Crippen LogP contribution in [0.2, 0.25) is 0 Å². The number of amides is 6. The average molecular weight is 471 g/mol. The summed E-state index contributed by atoms with van der Waals surface area (Å²) >= 11 is 0. The fourth-order valence-electron chi connectivity index (χ4n) is 1.94. The van der Waals surface area contributed by atoms with Gasteiger partial charge in [-0.25, -0.2) is 14.4 Å². The molecule has 0 saturated heterocycles. The Kier molecular flexibility index (Phi) is 30.6. The van der Waals surface area contributed by atoms with Gasteiger partial charge in [0.15, 0.2) is 0 Å². The molecule has 0 aromatic heterocycles. The molecule has 0 bridgehead atoms. The molecule has 1 aromatic rings. The molecule has 0 heterocycles. The first-order valence-electron chi connectivity index (χ1n) is 11.6. The number of nitrogens with zero attached hydrogens (tertiary/aromatic N) is 3. The van der Waals surface area contributed by atoms with E-state index in [9.17, 15) is 14.4 Å². The summed E-state index contributed by atoms with van der Waals surface area (Å²) in [5, 5.41) is 7.61. The summed E-state index contributed by atoms with van der Waals surface area (Å²) in [4.78, 5) is 37.3. The molecule has 0 aliphatic carbocycles. The first-order chi connectivity index (χ1) is 15.7. The molecule has 0 unspecified atom stereocenters. The number of para-hydroxylation sites is 1. The van der Waals surface area contributed by atoms with Crippen LogP contribution < -0.4 is 20.9 Å². The van der Waals surface area contributed by atoms with Gasteiger partial charge in [-0.05, 0) is 32.9 Å². The lowest BCUT2D eigenvalue weighted by Gasteiger charge is -2.16. The molecular weight excluding hydrogens is 420 g/mol. The van der Waals surface area contributed by atoms with E-state index in [0.717, 1.165) is 25.3 Å². The summed E-state index contributed by atoms with van der Waals surface area (Å²) < 4.78 is 0. The van der Waals surface area contributed by atoms with Crippen molar-refractivity contribution in [3.8, 4) is 0 Å². The smallest absolute Gasteiger partial charge is 0.321 e. The molecule has 0 radical (unpaired) electrons. The van der Waals surface area contributed by atoms with Crippen LogP contribution in [0.1, 0.15) is 48.5 Å². The third kappa shape index (κ3) is 19.4. The van der Waals surface area contributed by atoms with Crippen LogP contribution in [-0.2, 0) is 0 Å². The first kappa shape index (κ1) is 37.4. The van der Waals surface area contributed by atoms with Gasteiger partial charge in [-0.3, -0.25) is 4.90 Å². The van der Waals surface area contributed by atoms with Crippen molar-refractivity contribution in [2.24, 2.45) is 0 Å². The standard InChI is InChI=1S/C9H12N2O.C6H14N2O.C5H12N2O.2C2H6/c1-10-9(12)11(2)8-6-4-3-5-7-8;1-4-8(5-2)6(9)7-3;1-4-7(3)5(8)6-2;2*1-2/h3-7H,1-2H3,(H,10,12);4-5H2,1-3H3,(H,7,9);4H2,1-3H3,(H,6,8);2*1-2H3. The highest BCUT2D eigenvalue weighted by Gasteiger charge is 2.06. The summed E-state index contributed by atoms with van der Waals surface area (Å²) in [6.07, 6.45) is 0. The van der Waals surface area contributed by atoms with Crippen LogP contribution in [0.3, 0.4) is 0 Å². The van der Waals surface area contributed by atoms with E-state index in [1.54, 1.807) is 49.9 Å². The highest BCUT2D eigenvalue weighted by Crippen LogP contribution is 2.10. The number of nitrogens with one attached hydrogen (secondary N) is 3. The zero-order valence-corrected chi connectivity index (χ0v) is 23.1. The Morgan fingerprint density at radius 2 is 1.06 bits per heavy atom. The van der Waals surface area contributed by atoms with Crippen LogP contribution >= 0.6 is 0 Å². The van der Waals surface area contributed by atoms with Crippen LogP contribution in [0.25, 0.3) is 0 Å². The maximum Gasteiger partial charge on any atom is 0.321 e. The van der Waals surface area contributed by atoms with Gasteiger partial charge in [0.05, 0.1) is 0 Å². The number of urea groups is 3. The van der Waals surface area contributed by atoms with Crippen molar-refractivity contribution in [2.45, 2.75) is 48.5 Å². The van der Waals surface area contributed by atoms with E-state index in [1.165, 1.54) is 0 Å². The second kappa shape index (κ2) is 27.1. The molecule has 1 rings (SSSR count). The Hall–Kier alpha value is -2.97. The van der Waals surface area contributed by atoms with Crippen molar-refractivity contribution in [3.05, 3.63) is 30.3 Å². The van der Waals surface area contributed by atoms with E-state index in [0.29, 0.717) is 0 Å². The van der Waals surface area contributed by atoms with Crippen molar-refractivity contribution in [2.75, 3.05) is 59.8 Å². The van der Waals surface area contributed by atoms with Gasteiger partial charge in [0.2, 0.25) is 0 Å². The summed E-state index contributed by atoms with van der Waals surface area (Å²) in [6.45, 7) is 16.1. The second-order valence-electron chi connectivity index (χ2n) is 5.75. The number of carbonyl (C=O) groups is 3. The Morgan fingerprint density at radius 1 is 0.667 bits per heavy atom. The van der Waals surface area contributed by atoms with Gasteiger partial charge < -0.3 is 25.8 Å². The zero-order valence-electron chi connectivity index (χ0n) is 23.1. The van der Waals surface area contributed by atoms with E-state index in [2.05, 4.69) is 16.0 Å². The molecule has 194 valence electrons. The number of carbonyl (C=O) groups excluding carboxylic acids is 3. The molecule has 3 N–H and O–H groups in total. The van der Waals surface area contributed by atoms with Crippen LogP contribution in [-0.4, -0.2) is 82.8 Å². The van der Waals surface area contributed by atoms with Crippen LogP contribution in [0.4, 0.5) is 20.1 Å². The Balaban J connectivity index is -0.000000181. The Labute approximate surface area is 202 Å². The molecule has 9 nitrogen and oxygen atoms in total. The molecule has 0 aliphatic heterocycles. The average Bonchev–Trinajstić information content (AvgIpc) is 2.90. The number of hydrogen-bond acceptors (Lipinski definition) is 3. The summed E-state index contributed by atoms with van der Waals surface area (Å²) in [7, 11) is 8.35. The summed E-state index contributed by atoms with van der Waals surface area (Å²) in [6, 6.07) is 9.34. The summed E-state index contributed by atoms with van der Waals surface area (Å²) in [5.74, 6) is 0. The van der Waals surface area contributed by atoms with Gasteiger partial charge in [-0.15, -0.1) is 0 Å². The van der Waals surface area contributed by atoms with E-state index in [-0.39, 0.29) is 18.1 Å². The number of hydrogen-bond donors (Lipinski definition) is 3. The van der Waals surface area contributed by atoms with E-state index >= 15 is 0 Å². The Bertz CT molecular complexity index is 581. The van der Waals surface area contributed by atoms with Crippen LogP contribution in [0.15, 0.2) is 30.3 Å². The quantitative estimate of drug-likeness (QED) is 0.606. The minimum absolute atomic E-state index is 0.000000000000000222. The van der Waals surface area contributed by atoms with Crippen molar-refractivity contribution < 1.29 is 14.4 Å². The molecule has 0 aliphatic rings. The molecular formula is C24H50N6O3. The van der Waals surface area contributed by atoms with E-state index < -0.39 is 0 Å². The van der Waals surface area contributed by atoms with Crippen molar-refractivity contribution in [3.63, 3.8) is 0 Å². The Morgan fingerprint density at radius 3 is 1.30 bits per heavy atom.